The van der Waals surface area contributed by atoms with E-state index in [1.165, 1.54) is 17.0 Å². The zero-order valence-electron chi connectivity index (χ0n) is 18.2. The number of rotatable bonds is 6. The first kappa shape index (κ1) is 22.2. The molecule has 1 amide bonds. The molecule has 2 N–H and O–H groups in total. The topological polar surface area (TPSA) is 98.8 Å². The van der Waals surface area contributed by atoms with Gasteiger partial charge in [0.1, 0.15) is 11.6 Å². The van der Waals surface area contributed by atoms with E-state index in [1.54, 1.807) is 26.0 Å². The number of hydrogen-bond acceptors (Lipinski definition) is 6. The van der Waals surface area contributed by atoms with E-state index < -0.39 is 23.5 Å². The lowest BCUT2D eigenvalue weighted by Crippen LogP contribution is -2.38. The summed E-state index contributed by atoms with van der Waals surface area (Å²) in [5.41, 5.74) is 2.09. The van der Waals surface area contributed by atoms with Crippen molar-refractivity contribution in [3.8, 4) is 0 Å². The van der Waals surface area contributed by atoms with Crippen LogP contribution in [0.2, 0.25) is 0 Å². The number of aromatic amines is 1. The Morgan fingerprint density at radius 3 is 2.50 bits per heavy atom. The third-order valence-corrected chi connectivity index (χ3v) is 6.07. The summed E-state index contributed by atoms with van der Waals surface area (Å²) in [5, 5.41) is 18.0. The van der Waals surface area contributed by atoms with Crippen molar-refractivity contribution in [1.29, 1.82) is 0 Å². The predicted molar refractivity (Wildman–Crippen MR) is 115 cm³/mol. The number of aromatic nitrogens is 2. The standard InChI is InChI=1S/C23H27FN4O4/c1-14-18(15(2)26-25-14)21(29)19-20(16-4-6-17(24)7-5-16)28(23(31)22(19)30)9-3-8-27-10-12-32-13-11-27/h4-7,20,29H,3,8-13H2,1-2H3,(H,25,26)/t20-/m0/s1. The van der Waals surface area contributed by atoms with Gasteiger partial charge in [0, 0.05) is 31.9 Å². The lowest BCUT2D eigenvalue weighted by atomic mass is 9.94. The maximum Gasteiger partial charge on any atom is 0.295 e. The Kier molecular flexibility index (Phi) is 6.38. The molecule has 2 aliphatic rings. The molecule has 2 aromatic rings. The first-order valence-corrected chi connectivity index (χ1v) is 10.7. The van der Waals surface area contributed by atoms with E-state index in [4.69, 9.17) is 4.74 Å². The van der Waals surface area contributed by atoms with E-state index in [0.29, 0.717) is 48.7 Å². The van der Waals surface area contributed by atoms with Crippen LogP contribution in [0.3, 0.4) is 0 Å². The molecule has 1 aromatic carbocycles. The number of H-pyrrole nitrogens is 1. The number of aliphatic hydroxyl groups is 1. The Hall–Kier alpha value is -3.04. The maximum absolute atomic E-state index is 13.6. The number of carbonyl (C=O) groups is 2. The number of morpholine rings is 1. The van der Waals surface area contributed by atoms with Crippen molar-refractivity contribution in [2.75, 3.05) is 39.4 Å². The number of aryl methyl sites for hydroxylation is 2. The number of Topliss-reactive ketones (excluding diaryl/α,β-unsaturated/α-hetero) is 1. The van der Waals surface area contributed by atoms with Crippen molar-refractivity contribution in [2.24, 2.45) is 0 Å². The average molecular weight is 442 g/mol. The van der Waals surface area contributed by atoms with Gasteiger partial charge in [0.25, 0.3) is 11.7 Å². The second-order valence-electron chi connectivity index (χ2n) is 8.16. The van der Waals surface area contributed by atoms with E-state index in [2.05, 4.69) is 15.1 Å². The van der Waals surface area contributed by atoms with Crippen LogP contribution in [-0.2, 0) is 14.3 Å². The summed E-state index contributed by atoms with van der Waals surface area (Å²) in [5.74, 6) is -2.10. The SMILES string of the molecule is Cc1n[nH]c(C)c1C(O)=C1C(=O)C(=O)N(CCCN2CCOCC2)[C@H]1c1ccc(F)cc1. The molecular weight excluding hydrogens is 415 g/mol. The van der Waals surface area contributed by atoms with E-state index >= 15 is 0 Å². The quantitative estimate of drug-likeness (QED) is 0.405. The zero-order valence-corrected chi connectivity index (χ0v) is 18.2. The van der Waals surface area contributed by atoms with Crippen molar-refractivity contribution >= 4 is 17.4 Å². The molecule has 4 rings (SSSR count). The summed E-state index contributed by atoms with van der Waals surface area (Å²) >= 11 is 0. The molecule has 0 saturated carbocycles. The number of hydrogen-bond donors (Lipinski definition) is 2. The van der Waals surface area contributed by atoms with Crippen LogP contribution < -0.4 is 0 Å². The number of ketones is 1. The minimum Gasteiger partial charge on any atom is -0.507 e. The van der Waals surface area contributed by atoms with Crippen LogP contribution in [0, 0.1) is 19.7 Å². The van der Waals surface area contributed by atoms with Crippen molar-refractivity contribution in [2.45, 2.75) is 26.3 Å². The Labute approximate surface area is 185 Å². The number of amides is 1. The van der Waals surface area contributed by atoms with Gasteiger partial charge in [-0.25, -0.2) is 4.39 Å². The van der Waals surface area contributed by atoms with Crippen LogP contribution in [0.5, 0.6) is 0 Å². The summed E-state index contributed by atoms with van der Waals surface area (Å²) < 4.78 is 18.9. The van der Waals surface area contributed by atoms with Crippen LogP contribution in [0.1, 0.15) is 35.0 Å². The van der Waals surface area contributed by atoms with Crippen LogP contribution in [0.15, 0.2) is 29.8 Å². The first-order valence-electron chi connectivity index (χ1n) is 10.7. The van der Waals surface area contributed by atoms with Crippen molar-refractivity contribution in [3.63, 3.8) is 0 Å². The highest BCUT2D eigenvalue weighted by atomic mass is 19.1. The normalized spacial score (nSPS) is 21.5. The number of benzene rings is 1. The van der Waals surface area contributed by atoms with Gasteiger partial charge in [0.15, 0.2) is 0 Å². The van der Waals surface area contributed by atoms with E-state index in [0.717, 1.165) is 19.6 Å². The summed E-state index contributed by atoms with van der Waals surface area (Å²) in [6.45, 7) is 7.59. The third kappa shape index (κ3) is 4.18. The van der Waals surface area contributed by atoms with Crippen LogP contribution in [0.4, 0.5) is 4.39 Å². The summed E-state index contributed by atoms with van der Waals surface area (Å²) in [6, 6.07) is 4.87. The third-order valence-electron chi connectivity index (χ3n) is 6.07. The lowest BCUT2D eigenvalue weighted by Gasteiger charge is -2.29. The minimum atomic E-state index is -0.797. The van der Waals surface area contributed by atoms with Gasteiger partial charge >= 0.3 is 0 Å². The van der Waals surface area contributed by atoms with Crippen molar-refractivity contribution < 1.29 is 23.8 Å². The summed E-state index contributed by atoms with van der Waals surface area (Å²) in [6.07, 6.45) is 0.661. The summed E-state index contributed by atoms with van der Waals surface area (Å²) in [4.78, 5) is 29.8. The largest absolute Gasteiger partial charge is 0.507 e. The fourth-order valence-corrected chi connectivity index (χ4v) is 4.43. The number of ether oxygens (including phenoxy) is 1. The lowest BCUT2D eigenvalue weighted by molar-refractivity contribution is -0.140. The molecule has 2 aliphatic heterocycles. The molecule has 0 bridgehead atoms. The van der Waals surface area contributed by atoms with Crippen LogP contribution in [0.25, 0.3) is 5.76 Å². The number of carbonyl (C=O) groups excluding carboxylic acids is 2. The molecule has 9 heteroatoms. The van der Waals surface area contributed by atoms with Crippen molar-refractivity contribution in [1.82, 2.24) is 20.0 Å². The van der Waals surface area contributed by atoms with Gasteiger partial charge in [-0.15, -0.1) is 0 Å². The van der Waals surface area contributed by atoms with Gasteiger partial charge in [-0.05, 0) is 38.0 Å². The number of likely N-dealkylation sites (tertiary alicyclic amines) is 1. The number of nitrogens with zero attached hydrogens (tertiary/aromatic N) is 3. The molecule has 1 aromatic heterocycles. The second kappa shape index (κ2) is 9.22. The Morgan fingerprint density at radius 2 is 1.88 bits per heavy atom. The molecule has 1 atom stereocenters. The number of nitrogens with one attached hydrogen (secondary N) is 1. The second-order valence-corrected chi connectivity index (χ2v) is 8.16. The smallest absolute Gasteiger partial charge is 0.295 e. The molecule has 2 fully saturated rings. The molecular formula is C23H27FN4O4. The highest BCUT2D eigenvalue weighted by molar-refractivity contribution is 6.46. The van der Waals surface area contributed by atoms with Crippen LogP contribution in [-0.4, -0.2) is 76.2 Å². The van der Waals surface area contributed by atoms with Gasteiger partial charge in [0.2, 0.25) is 0 Å². The fourth-order valence-electron chi connectivity index (χ4n) is 4.43. The van der Waals surface area contributed by atoms with E-state index in [9.17, 15) is 19.1 Å². The molecule has 0 unspecified atom stereocenters. The Balaban J connectivity index is 1.69. The first-order chi connectivity index (χ1) is 15.4. The minimum absolute atomic E-state index is 0.000538. The Morgan fingerprint density at radius 1 is 1.19 bits per heavy atom. The van der Waals surface area contributed by atoms with Gasteiger partial charge < -0.3 is 14.7 Å². The summed E-state index contributed by atoms with van der Waals surface area (Å²) in [7, 11) is 0. The number of aliphatic hydroxyl groups excluding tert-OH is 1. The van der Waals surface area contributed by atoms with E-state index in [1.807, 2.05) is 0 Å². The molecule has 0 aliphatic carbocycles. The molecule has 8 nitrogen and oxygen atoms in total. The Bertz CT molecular complexity index is 1020. The monoisotopic (exact) mass is 442 g/mol. The highest BCUT2D eigenvalue weighted by Crippen LogP contribution is 2.40. The molecule has 32 heavy (non-hydrogen) atoms. The van der Waals surface area contributed by atoms with Gasteiger partial charge in [-0.3, -0.25) is 19.6 Å². The molecule has 2 saturated heterocycles. The molecule has 3 heterocycles. The molecule has 0 radical (unpaired) electrons. The van der Waals surface area contributed by atoms with Gasteiger partial charge in [-0.2, -0.15) is 5.10 Å². The highest BCUT2D eigenvalue weighted by Gasteiger charge is 2.46. The molecule has 170 valence electrons. The zero-order chi connectivity index (χ0) is 22.8. The maximum atomic E-state index is 13.6. The predicted octanol–water partition coefficient (Wildman–Crippen LogP) is 2.31. The molecule has 0 spiro atoms. The van der Waals surface area contributed by atoms with Crippen LogP contribution >= 0.6 is 0 Å². The van der Waals surface area contributed by atoms with E-state index in [-0.39, 0.29) is 11.3 Å². The van der Waals surface area contributed by atoms with Gasteiger partial charge in [0.05, 0.1) is 36.1 Å². The number of halogens is 1. The van der Waals surface area contributed by atoms with Gasteiger partial charge in [-0.1, -0.05) is 12.1 Å². The fraction of sp³-hybridized carbons (Fsp3) is 0.435. The van der Waals surface area contributed by atoms with Crippen molar-refractivity contribution in [3.05, 3.63) is 58.2 Å². The average Bonchev–Trinajstić information content (AvgIpc) is 3.25.